The first-order chi connectivity index (χ1) is 12.7. The lowest BCUT2D eigenvalue weighted by Crippen LogP contribution is -2.37. The average Bonchev–Trinajstić information content (AvgIpc) is 2.59. The van der Waals surface area contributed by atoms with Crippen molar-refractivity contribution >= 4 is 28.4 Å². The van der Waals surface area contributed by atoms with Crippen LogP contribution in [0.15, 0.2) is 47.4 Å². The highest BCUT2D eigenvalue weighted by molar-refractivity contribution is 6.35. The maximum atomic E-state index is 13.7. The van der Waals surface area contributed by atoms with Crippen LogP contribution in [-0.2, 0) is 4.79 Å². The fraction of sp³-hybridized carbons (Fsp3) is 0.167. The lowest BCUT2D eigenvalue weighted by molar-refractivity contribution is -0.162. The molecule has 0 saturated heterocycles. The molecule has 0 aliphatic heterocycles. The summed E-state index contributed by atoms with van der Waals surface area (Å²) in [5, 5.41) is 2.48. The number of aromatic nitrogens is 2. The zero-order chi connectivity index (χ0) is 19.8. The van der Waals surface area contributed by atoms with Gasteiger partial charge in [-0.05, 0) is 24.3 Å². The van der Waals surface area contributed by atoms with Crippen LogP contribution >= 0.6 is 11.6 Å². The van der Waals surface area contributed by atoms with E-state index in [1.54, 1.807) is 18.2 Å². The van der Waals surface area contributed by atoms with E-state index >= 15 is 0 Å². The van der Waals surface area contributed by atoms with E-state index < -0.39 is 23.7 Å². The Hall–Kier alpha value is -2.87. The van der Waals surface area contributed by atoms with Gasteiger partial charge in [0.05, 0.1) is 21.8 Å². The van der Waals surface area contributed by atoms with Gasteiger partial charge in [0.25, 0.3) is 5.56 Å². The molecule has 0 unspecified atom stereocenters. The highest BCUT2D eigenvalue weighted by Crippen LogP contribution is 2.38. The number of halogens is 4. The largest absolute Gasteiger partial charge is 0.412 e. The van der Waals surface area contributed by atoms with Gasteiger partial charge in [-0.15, -0.1) is 0 Å². The number of benzene rings is 1. The molecule has 2 N–H and O–H groups in total. The Balaban J connectivity index is 2.39. The number of nitrogens with one attached hydrogen (secondary N) is 2. The Morgan fingerprint density at radius 1 is 1.26 bits per heavy atom. The molecule has 9 heteroatoms. The van der Waals surface area contributed by atoms with Crippen molar-refractivity contribution in [1.29, 1.82) is 0 Å². The van der Waals surface area contributed by atoms with Crippen LogP contribution in [0.5, 0.6) is 0 Å². The molecule has 27 heavy (non-hydrogen) atoms. The summed E-state index contributed by atoms with van der Waals surface area (Å²) in [6.45, 7) is 0.985. The van der Waals surface area contributed by atoms with Gasteiger partial charge in [-0.25, -0.2) is 4.98 Å². The van der Waals surface area contributed by atoms with Crippen molar-refractivity contribution in [2.24, 2.45) is 0 Å². The molecule has 0 aliphatic carbocycles. The Morgan fingerprint density at radius 3 is 2.63 bits per heavy atom. The van der Waals surface area contributed by atoms with Gasteiger partial charge < -0.3 is 10.3 Å². The highest BCUT2D eigenvalue weighted by atomic mass is 35.5. The number of carbonyl (C=O) groups is 1. The third-order valence-corrected chi connectivity index (χ3v) is 4.19. The standard InChI is InChI=1S/C18H13ClF3N3O2/c1-9(26)24-16(18(20,21)22)12-8-10-4-2-6-13(19)14(10)25-15(12)11-5-3-7-23-17(11)27/h2-8,16H,1H3,(H,23,27)(H,24,26)/t16-/m0/s1. The minimum Gasteiger partial charge on any atom is -0.341 e. The maximum absolute atomic E-state index is 13.7. The molecule has 1 amide bonds. The summed E-state index contributed by atoms with van der Waals surface area (Å²) in [6.07, 6.45) is -3.44. The van der Waals surface area contributed by atoms with Crippen molar-refractivity contribution < 1.29 is 18.0 Å². The van der Waals surface area contributed by atoms with Crippen LogP contribution in [-0.4, -0.2) is 22.1 Å². The number of hydrogen-bond acceptors (Lipinski definition) is 3. The van der Waals surface area contributed by atoms with Gasteiger partial charge in [0.15, 0.2) is 6.04 Å². The molecule has 0 aliphatic rings. The van der Waals surface area contributed by atoms with Gasteiger partial charge >= 0.3 is 6.18 Å². The second kappa shape index (κ2) is 7.03. The molecule has 1 atom stereocenters. The van der Waals surface area contributed by atoms with E-state index in [4.69, 9.17) is 11.6 Å². The van der Waals surface area contributed by atoms with Crippen LogP contribution in [0.2, 0.25) is 5.02 Å². The Labute approximate surface area is 156 Å². The predicted molar refractivity (Wildman–Crippen MR) is 95.4 cm³/mol. The Kier molecular flexibility index (Phi) is 4.93. The number of aromatic amines is 1. The quantitative estimate of drug-likeness (QED) is 0.704. The minimum absolute atomic E-state index is 0.0612. The van der Waals surface area contributed by atoms with Crippen molar-refractivity contribution in [2.45, 2.75) is 19.1 Å². The molecular weight excluding hydrogens is 383 g/mol. The summed E-state index contributed by atoms with van der Waals surface area (Å²) >= 11 is 6.12. The Morgan fingerprint density at radius 2 is 2.00 bits per heavy atom. The number of amides is 1. The summed E-state index contributed by atoms with van der Waals surface area (Å²) in [4.78, 5) is 30.2. The van der Waals surface area contributed by atoms with Crippen LogP contribution in [0.3, 0.4) is 0 Å². The van der Waals surface area contributed by atoms with Crippen molar-refractivity contribution in [1.82, 2.24) is 15.3 Å². The van der Waals surface area contributed by atoms with Crippen LogP contribution in [0.4, 0.5) is 13.2 Å². The first-order valence-electron chi connectivity index (χ1n) is 7.79. The smallest absolute Gasteiger partial charge is 0.341 e. The molecule has 1 aromatic carbocycles. The molecule has 0 radical (unpaired) electrons. The maximum Gasteiger partial charge on any atom is 0.412 e. The van der Waals surface area contributed by atoms with E-state index in [9.17, 15) is 22.8 Å². The molecule has 5 nitrogen and oxygen atoms in total. The van der Waals surface area contributed by atoms with Crippen molar-refractivity contribution in [2.75, 3.05) is 0 Å². The molecule has 3 aromatic rings. The van der Waals surface area contributed by atoms with Gasteiger partial charge in [-0.2, -0.15) is 13.2 Å². The van der Waals surface area contributed by atoms with Crippen LogP contribution in [0.1, 0.15) is 18.5 Å². The number of hydrogen-bond donors (Lipinski definition) is 2. The predicted octanol–water partition coefficient (Wildman–Crippen LogP) is 3.98. The van der Waals surface area contributed by atoms with Gasteiger partial charge in [0.2, 0.25) is 5.91 Å². The second-order valence-corrected chi connectivity index (χ2v) is 6.23. The molecule has 0 spiro atoms. The number of para-hydroxylation sites is 1. The first-order valence-corrected chi connectivity index (χ1v) is 8.17. The van der Waals surface area contributed by atoms with E-state index in [0.29, 0.717) is 5.39 Å². The summed E-state index contributed by atoms with van der Waals surface area (Å²) in [5.74, 6) is -0.864. The van der Waals surface area contributed by atoms with Crippen LogP contribution in [0, 0.1) is 0 Å². The third kappa shape index (κ3) is 3.80. The number of H-pyrrole nitrogens is 1. The lowest BCUT2D eigenvalue weighted by atomic mass is 9.97. The van der Waals surface area contributed by atoms with Gasteiger partial charge in [-0.3, -0.25) is 9.59 Å². The third-order valence-electron chi connectivity index (χ3n) is 3.89. The second-order valence-electron chi connectivity index (χ2n) is 5.83. The number of pyridine rings is 2. The van der Waals surface area contributed by atoms with E-state index in [0.717, 1.165) is 6.92 Å². The average molecular weight is 396 g/mol. The lowest BCUT2D eigenvalue weighted by Gasteiger charge is -2.24. The molecule has 140 valence electrons. The highest BCUT2D eigenvalue weighted by Gasteiger charge is 2.43. The zero-order valence-electron chi connectivity index (χ0n) is 13.9. The summed E-state index contributed by atoms with van der Waals surface area (Å²) in [7, 11) is 0. The monoisotopic (exact) mass is 395 g/mol. The van der Waals surface area contributed by atoms with E-state index in [-0.39, 0.29) is 27.4 Å². The number of carbonyl (C=O) groups excluding carboxylic acids is 1. The molecule has 0 fully saturated rings. The van der Waals surface area contributed by atoms with E-state index in [1.165, 1.54) is 24.4 Å². The van der Waals surface area contributed by atoms with Gasteiger partial charge in [0, 0.05) is 24.1 Å². The summed E-state index contributed by atoms with van der Waals surface area (Å²) in [5.41, 5.74) is -0.960. The van der Waals surface area contributed by atoms with Gasteiger partial charge in [-0.1, -0.05) is 23.7 Å². The van der Waals surface area contributed by atoms with Crippen molar-refractivity contribution in [3.05, 3.63) is 63.5 Å². The molecule has 2 heterocycles. The minimum atomic E-state index is -4.80. The molecule has 0 bridgehead atoms. The van der Waals surface area contributed by atoms with Crippen LogP contribution in [0.25, 0.3) is 22.2 Å². The number of fused-ring (bicyclic) bond motifs is 1. The SMILES string of the molecule is CC(=O)N[C@@H](c1cc2cccc(Cl)c2nc1-c1ccc[nH]c1=O)C(F)(F)F. The van der Waals surface area contributed by atoms with Crippen LogP contribution < -0.4 is 10.9 Å². The fourth-order valence-corrected chi connectivity index (χ4v) is 2.99. The molecular formula is C18H13ClF3N3O2. The Bertz CT molecular complexity index is 1080. The number of alkyl halides is 3. The number of rotatable bonds is 3. The topological polar surface area (TPSA) is 74.8 Å². The van der Waals surface area contributed by atoms with E-state index in [2.05, 4.69) is 9.97 Å². The number of nitrogens with zero attached hydrogens (tertiary/aromatic N) is 1. The molecule has 0 saturated carbocycles. The van der Waals surface area contributed by atoms with Gasteiger partial charge in [0.1, 0.15) is 0 Å². The molecule has 3 rings (SSSR count). The molecule has 2 aromatic heterocycles. The van der Waals surface area contributed by atoms with E-state index in [1.807, 2.05) is 5.32 Å². The first kappa shape index (κ1) is 18.9. The van der Waals surface area contributed by atoms with Crippen molar-refractivity contribution in [3.63, 3.8) is 0 Å². The summed E-state index contributed by atoms with van der Waals surface area (Å²) < 4.78 is 41.1. The zero-order valence-corrected chi connectivity index (χ0v) is 14.7. The summed E-state index contributed by atoms with van der Waals surface area (Å²) in [6, 6.07) is 6.41. The normalized spacial score (nSPS) is 12.8. The fourth-order valence-electron chi connectivity index (χ4n) is 2.76. The van der Waals surface area contributed by atoms with Crippen molar-refractivity contribution in [3.8, 4) is 11.3 Å².